The van der Waals surface area contributed by atoms with Crippen molar-refractivity contribution in [1.29, 1.82) is 0 Å². The lowest BCUT2D eigenvalue weighted by atomic mass is 10.1. The maximum atomic E-state index is 5.90. The fourth-order valence-corrected chi connectivity index (χ4v) is 3.78. The molecule has 1 unspecified atom stereocenters. The molecule has 1 atom stereocenters. The van der Waals surface area contributed by atoms with E-state index in [9.17, 15) is 0 Å². The highest BCUT2D eigenvalue weighted by molar-refractivity contribution is 5.46. The van der Waals surface area contributed by atoms with Gasteiger partial charge in [0.05, 0.1) is 26.5 Å². The summed E-state index contributed by atoms with van der Waals surface area (Å²) in [5.74, 6) is 1.57. The van der Waals surface area contributed by atoms with Crippen molar-refractivity contribution in [3.63, 3.8) is 0 Å². The van der Waals surface area contributed by atoms with Crippen LogP contribution in [0.2, 0.25) is 0 Å². The molecule has 1 aliphatic rings. The first-order valence-electron chi connectivity index (χ1n) is 9.71. The third kappa shape index (κ3) is 4.62. The standard InChI is InChI=1S/C21H31N3O3/c1-5-24-16(2)18(12-22-24)14-23(15-19-9-7-11-27-19)13-17-8-6-10-20(25-3)21(17)26-4/h6,8,10,12,19H,5,7,9,11,13-15H2,1-4H3. The maximum Gasteiger partial charge on any atom is 0.165 e. The van der Waals surface area contributed by atoms with Crippen molar-refractivity contribution in [3.05, 3.63) is 41.2 Å². The molecule has 0 saturated carbocycles. The number of methoxy groups -OCH3 is 2. The van der Waals surface area contributed by atoms with Gasteiger partial charge in [-0.25, -0.2) is 0 Å². The molecule has 1 aliphatic heterocycles. The highest BCUT2D eigenvalue weighted by Gasteiger charge is 2.22. The van der Waals surface area contributed by atoms with E-state index in [1.54, 1.807) is 14.2 Å². The largest absolute Gasteiger partial charge is 0.493 e. The van der Waals surface area contributed by atoms with Gasteiger partial charge in [-0.1, -0.05) is 12.1 Å². The van der Waals surface area contributed by atoms with Crippen LogP contribution in [0.25, 0.3) is 0 Å². The van der Waals surface area contributed by atoms with E-state index in [1.807, 2.05) is 23.0 Å². The Morgan fingerprint density at radius 1 is 1.22 bits per heavy atom. The fraction of sp³-hybridized carbons (Fsp3) is 0.571. The van der Waals surface area contributed by atoms with Gasteiger partial charge in [-0.15, -0.1) is 0 Å². The first-order valence-corrected chi connectivity index (χ1v) is 9.71. The van der Waals surface area contributed by atoms with E-state index in [-0.39, 0.29) is 0 Å². The van der Waals surface area contributed by atoms with E-state index in [1.165, 1.54) is 11.3 Å². The van der Waals surface area contributed by atoms with Gasteiger partial charge in [0.15, 0.2) is 11.5 Å². The first kappa shape index (κ1) is 19.7. The predicted molar refractivity (Wildman–Crippen MR) is 105 cm³/mol. The number of hydrogen-bond acceptors (Lipinski definition) is 5. The lowest BCUT2D eigenvalue weighted by Crippen LogP contribution is -2.31. The second kappa shape index (κ2) is 9.24. The third-order valence-corrected chi connectivity index (χ3v) is 5.26. The van der Waals surface area contributed by atoms with Crippen molar-refractivity contribution in [1.82, 2.24) is 14.7 Å². The van der Waals surface area contributed by atoms with E-state index in [2.05, 4.69) is 29.9 Å². The van der Waals surface area contributed by atoms with Crippen LogP contribution in [0.4, 0.5) is 0 Å². The number of benzene rings is 1. The molecule has 0 bridgehead atoms. The summed E-state index contributed by atoms with van der Waals surface area (Å²) >= 11 is 0. The Balaban J connectivity index is 1.82. The predicted octanol–water partition coefficient (Wildman–Crippen LogP) is 3.41. The van der Waals surface area contributed by atoms with Gasteiger partial charge in [-0.3, -0.25) is 9.58 Å². The molecule has 1 aromatic carbocycles. The summed E-state index contributed by atoms with van der Waals surface area (Å²) in [6, 6.07) is 6.05. The molecule has 0 radical (unpaired) electrons. The van der Waals surface area contributed by atoms with Crippen LogP contribution in [-0.4, -0.2) is 48.2 Å². The summed E-state index contributed by atoms with van der Waals surface area (Å²) in [5, 5.41) is 4.50. The molecular weight excluding hydrogens is 342 g/mol. The Bertz CT molecular complexity index is 738. The van der Waals surface area contributed by atoms with Crippen molar-refractivity contribution in [2.75, 3.05) is 27.4 Å². The summed E-state index contributed by atoms with van der Waals surface area (Å²) in [7, 11) is 3.37. The molecule has 6 heteroatoms. The smallest absolute Gasteiger partial charge is 0.165 e. The van der Waals surface area contributed by atoms with Gasteiger partial charge in [0.1, 0.15) is 0 Å². The lowest BCUT2D eigenvalue weighted by molar-refractivity contribution is 0.0675. The van der Waals surface area contributed by atoms with Gasteiger partial charge < -0.3 is 14.2 Å². The molecule has 148 valence electrons. The second-order valence-corrected chi connectivity index (χ2v) is 7.03. The minimum absolute atomic E-state index is 0.295. The van der Waals surface area contributed by atoms with Gasteiger partial charge in [0, 0.05) is 49.6 Å². The molecule has 1 aromatic heterocycles. The molecule has 0 N–H and O–H groups in total. The SMILES string of the molecule is CCn1ncc(CN(Cc2cccc(OC)c2OC)CC2CCCO2)c1C. The Hall–Kier alpha value is -2.05. The number of para-hydroxylation sites is 1. The number of aryl methyl sites for hydroxylation is 1. The van der Waals surface area contributed by atoms with Crippen LogP contribution < -0.4 is 9.47 Å². The molecule has 27 heavy (non-hydrogen) atoms. The zero-order valence-electron chi connectivity index (χ0n) is 16.9. The number of nitrogens with zero attached hydrogens (tertiary/aromatic N) is 3. The van der Waals surface area contributed by atoms with Gasteiger partial charge in [-0.05, 0) is 32.8 Å². The Labute approximate surface area is 162 Å². The van der Waals surface area contributed by atoms with E-state index in [0.29, 0.717) is 6.10 Å². The topological polar surface area (TPSA) is 48.8 Å². The Morgan fingerprint density at radius 2 is 2.04 bits per heavy atom. The normalized spacial score (nSPS) is 16.9. The quantitative estimate of drug-likeness (QED) is 0.674. The van der Waals surface area contributed by atoms with Crippen LogP contribution >= 0.6 is 0 Å². The molecule has 1 saturated heterocycles. The maximum absolute atomic E-state index is 5.90. The average molecular weight is 373 g/mol. The van der Waals surface area contributed by atoms with Crippen molar-refractivity contribution in [3.8, 4) is 11.5 Å². The van der Waals surface area contributed by atoms with Crippen molar-refractivity contribution < 1.29 is 14.2 Å². The molecule has 0 amide bonds. The van der Waals surface area contributed by atoms with Crippen LogP contribution in [0.5, 0.6) is 11.5 Å². The van der Waals surface area contributed by atoms with Crippen LogP contribution in [0.15, 0.2) is 24.4 Å². The van der Waals surface area contributed by atoms with Crippen molar-refractivity contribution >= 4 is 0 Å². The van der Waals surface area contributed by atoms with E-state index in [0.717, 1.165) is 62.7 Å². The molecule has 2 aromatic rings. The summed E-state index contributed by atoms with van der Waals surface area (Å²) < 4.78 is 19.0. The summed E-state index contributed by atoms with van der Waals surface area (Å²) in [6.45, 7) is 8.53. The van der Waals surface area contributed by atoms with Gasteiger partial charge >= 0.3 is 0 Å². The van der Waals surface area contributed by atoms with Crippen LogP contribution in [-0.2, 0) is 24.4 Å². The number of hydrogen-bond donors (Lipinski definition) is 0. The third-order valence-electron chi connectivity index (χ3n) is 5.26. The zero-order chi connectivity index (χ0) is 19.2. The van der Waals surface area contributed by atoms with Crippen LogP contribution in [0, 0.1) is 6.92 Å². The molecule has 0 spiro atoms. The molecule has 2 heterocycles. The van der Waals surface area contributed by atoms with Gasteiger partial charge in [0.2, 0.25) is 0 Å². The summed E-state index contributed by atoms with van der Waals surface area (Å²) in [6.07, 6.45) is 4.56. The molecule has 6 nitrogen and oxygen atoms in total. The number of ether oxygens (including phenoxy) is 3. The molecular formula is C21H31N3O3. The molecule has 1 fully saturated rings. The Morgan fingerprint density at radius 3 is 2.67 bits per heavy atom. The van der Waals surface area contributed by atoms with E-state index < -0.39 is 0 Å². The zero-order valence-corrected chi connectivity index (χ0v) is 16.9. The van der Waals surface area contributed by atoms with Gasteiger partial charge in [-0.2, -0.15) is 5.10 Å². The minimum atomic E-state index is 0.295. The highest BCUT2D eigenvalue weighted by Crippen LogP contribution is 2.32. The van der Waals surface area contributed by atoms with E-state index >= 15 is 0 Å². The number of rotatable bonds is 9. The van der Waals surface area contributed by atoms with E-state index in [4.69, 9.17) is 14.2 Å². The minimum Gasteiger partial charge on any atom is -0.493 e. The van der Waals surface area contributed by atoms with Crippen molar-refractivity contribution in [2.24, 2.45) is 0 Å². The molecule has 0 aliphatic carbocycles. The summed E-state index contributed by atoms with van der Waals surface area (Å²) in [5.41, 5.74) is 3.61. The van der Waals surface area contributed by atoms with Gasteiger partial charge in [0.25, 0.3) is 0 Å². The Kier molecular flexibility index (Phi) is 6.74. The second-order valence-electron chi connectivity index (χ2n) is 7.03. The monoisotopic (exact) mass is 373 g/mol. The average Bonchev–Trinajstić information content (AvgIpc) is 3.31. The summed E-state index contributed by atoms with van der Waals surface area (Å²) in [4.78, 5) is 2.43. The first-order chi connectivity index (χ1) is 13.2. The van der Waals surface area contributed by atoms with Crippen molar-refractivity contribution in [2.45, 2.75) is 52.4 Å². The fourth-order valence-electron chi connectivity index (χ4n) is 3.78. The van der Waals surface area contributed by atoms with Crippen LogP contribution in [0.3, 0.4) is 0 Å². The number of aromatic nitrogens is 2. The molecule has 3 rings (SSSR count). The highest BCUT2D eigenvalue weighted by atomic mass is 16.5. The lowest BCUT2D eigenvalue weighted by Gasteiger charge is -2.26. The van der Waals surface area contributed by atoms with Crippen LogP contribution in [0.1, 0.15) is 36.6 Å².